The summed E-state index contributed by atoms with van der Waals surface area (Å²) in [5, 5.41) is 24.2. The van der Waals surface area contributed by atoms with E-state index in [9.17, 15) is 14.8 Å². The molecule has 0 saturated carbocycles. The second-order valence-corrected chi connectivity index (χ2v) is 6.81. The lowest BCUT2D eigenvalue weighted by molar-refractivity contribution is -0.115. The van der Waals surface area contributed by atoms with Crippen LogP contribution in [0.25, 0.3) is 10.8 Å². The minimum atomic E-state index is -1.57. The molecule has 7 heteroatoms. The lowest BCUT2D eigenvalue weighted by atomic mass is 9.76. The Hall–Kier alpha value is -2.74. The topological polar surface area (TPSA) is 85.7 Å². The molecule has 3 rings (SSSR count). The van der Waals surface area contributed by atoms with Gasteiger partial charge >= 0.3 is 7.12 Å². The standard InChI is InChI=1S/C20H22BN3O3/c1-24(2)13-17-4-3-14(9-19(17)21(26)27)10-20(25)23-18-6-5-16-12-22-8-7-15(16)11-18/h3-9,11-12,26-27H,10,13H2,1-2H3,(H,23,25). The largest absolute Gasteiger partial charge is 0.488 e. The molecule has 0 aliphatic rings. The minimum Gasteiger partial charge on any atom is -0.423 e. The molecule has 0 spiro atoms. The van der Waals surface area contributed by atoms with Gasteiger partial charge < -0.3 is 20.3 Å². The summed E-state index contributed by atoms with van der Waals surface area (Å²) in [4.78, 5) is 18.4. The SMILES string of the molecule is CN(C)Cc1ccc(CC(=O)Nc2ccc3cnccc3c2)cc1B(O)O. The van der Waals surface area contributed by atoms with Crippen molar-refractivity contribution in [2.75, 3.05) is 19.4 Å². The first-order chi connectivity index (χ1) is 12.9. The molecule has 1 heterocycles. The summed E-state index contributed by atoms with van der Waals surface area (Å²) < 4.78 is 0. The van der Waals surface area contributed by atoms with Crippen LogP contribution in [-0.4, -0.2) is 47.1 Å². The summed E-state index contributed by atoms with van der Waals surface area (Å²) in [6.07, 6.45) is 3.64. The molecular formula is C20H22BN3O3. The van der Waals surface area contributed by atoms with Crippen molar-refractivity contribution < 1.29 is 14.8 Å². The van der Waals surface area contributed by atoms with E-state index in [-0.39, 0.29) is 12.3 Å². The number of rotatable bonds is 6. The van der Waals surface area contributed by atoms with Crippen LogP contribution in [0.5, 0.6) is 0 Å². The van der Waals surface area contributed by atoms with E-state index in [4.69, 9.17) is 0 Å². The van der Waals surface area contributed by atoms with E-state index >= 15 is 0 Å². The summed E-state index contributed by atoms with van der Waals surface area (Å²) >= 11 is 0. The van der Waals surface area contributed by atoms with E-state index in [1.807, 2.05) is 55.4 Å². The molecule has 1 aromatic heterocycles. The summed E-state index contributed by atoms with van der Waals surface area (Å²) in [5.74, 6) is -0.165. The second-order valence-electron chi connectivity index (χ2n) is 6.81. The number of nitrogens with one attached hydrogen (secondary N) is 1. The molecule has 27 heavy (non-hydrogen) atoms. The van der Waals surface area contributed by atoms with Crippen LogP contribution in [0.4, 0.5) is 5.69 Å². The number of carbonyl (C=O) groups is 1. The highest BCUT2D eigenvalue weighted by Gasteiger charge is 2.18. The van der Waals surface area contributed by atoms with Crippen LogP contribution in [-0.2, 0) is 17.8 Å². The van der Waals surface area contributed by atoms with Crippen LogP contribution in [0.15, 0.2) is 54.9 Å². The number of anilines is 1. The first-order valence-corrected chi connectivity index (χ1v) is 8.68. The van der Waals surface area contributed by atoms with Crippen LogP contribution >= 0.6 is 0 Å². The van der Waals surface area contributed by atoms with E-state index in [2.05, 4.69) is 10.3 Å². The number of pyridine rings is 1. The lowest BCUT2D eigenvalue weighted by Crippen LogP contribution is -2.35. The number of amides is 1. The number of hydrogen-bond donors (Lipinski definition) is 3. The molecule has 0 saturated heterocycles. The van der Waals surface area contributed by atoms with Crippen molar-refractivity contribution in [1.29, 1.82) is 0 Å². The Bertz CT molecular complexity index is 960. The Morgan fingerprint density at radius 3 is 2.67 bits per heavy atom. The number of fused-ring (bicyclic) bond motifs is 1. The van der Waals surface area contributed by atoms with Crippen molar-refractivity contribution in [1.82, 2.24) is 9.88 Å². The first kappa shape index (κ1) is 19.0. The molecule has 0 aliphatic heterocycles. The zero-order chi connectivity index (χ0) is 19.4. The average Bonchev–Trinajstić information content (AvgIpc) is 2.62. The third-order valence-electron chi connectivity index (χ3n) is 4.26. The maximum atomic E-state index is 12.4. The fourth-order valence-corrected chi connectivity index (χ4v) is 3.03. The van der Waals surface area contributed by atoms with Crippen LogP contribution in [0.1, 0.15) is 11.1 Å². The van der Waals surface area contributed by atoms with Crippen LogP contribution in [0.3, 0.4) is 0 Å². The monoisotopic (exact) mass is 363 g/mol. The maximum absolute atomic E-state index is 12.4. The quantitative estimate of drug-likeness (QED) is 0.573. The number of nitrogens with zero attached hydrogens (tertiary/aromatic N) is 2. The third-order valence-corrected chi connectivity index (χ3v) is 4.26. The van der Waals surface area contributed by atoms with Gasteiger partial charge in [-0.1, -0.05) is 24.3 Å². The Morgan fingerprint density at radius 2 is 1.93 bits per heavy atom. The first-order valence-electron chi connectivity index (χ1n) is 8.68. The van der Waals surface area contributed by atoms with Crippen molar-refractivity contribution in [3.63, 3.8) is 0 Å². The summed E-state index contributed by atoms with van der Waals surface area (Å²) in [7, 11) is 2.25. The molecule has 1 amide bonds. The van der Waals surface area contributed by atoms with Crippen molar-refractivity contribution in [2.24, 2.45) is 0 Å². The van der Waals surface area contributed by atoms with Crippen molar-refractivity contribution in [2.45, 2.75) is 13.0 Å². The molecule has 0 fully saturated rings. The molecular weight excluding hydrogens is 341 g/mol. The fourth-order valence-electron chi connectivity index (χ4n) is 3.03. The molecule has 0 radical (unpaired) electrons. The predicted octanol–water partition coefficient (Wildman–Crippen LogP) is 1.16. The normalized spacial score (nSPS) is 11.0. The Morgan fingerprint density at radius 1 is 1.11 bits per heavy atom. The Kier molecular flexibility index (Phi) is 5.86. The van der Waals surface area contributed by atoms with Gasteiger partial charge in [-0.15, -0.1) is 0 Å². The van der Waals surface area contributed by atoms with E-state index in [0.29, 0.717) is 17.7 Å². The summed E-state index contributed by atoms with van der Waals surface area (Å²) in [5.41, 5.74) is 2.68. The Labute approximate surface area is 158 Å². The molecule has 0 aliphatic carbocycles. The van der Waals surface area contributed by atoms with Crippen LogP contribution < -0.4 is 10.8 Å². The smallest absolute Gasteiger partial charge is 0.423 e. The molecule has 0 bridgehead atoms. The molecule has 0 unspecified atom stereocenters. The highest BCUT2D eigenvalue weighted by molar-refractivity contribution is 6.59. The van der Waals surface area contributed by atoms with Gasteiger partial charge in [0.05, 0.1) is 6.42 Å². The van der Waals surface area contributed by atoms with Crippen molar-refractivity contribution >= 4 is 34.9 Å². The second kappa shape index (κ2) is 8.31. The van der Waals surface area contributed by atoms with Gasteiger partial charge in [0.25, 0.3) is 0 Å². The number of hydrogen-bond acceptors (Lipinski definition) is 5. The molecule has 138 valence electrons. The molecule has 2 aromatic carbocycles. The van der Waals surface area contributed by atoms with E-state index in [1.165, 1.54) is 0 Å². The van der Waals surface area contributed by atoms with Gasteiger partial charge in [-0.25, -0.2) is 0 Å². The molecule has 6 nitrogen and oxygen atoms in total. The van der Waals surface area contributed by atoms with E-state index < -0.39 is 7.12 Å². The number of benzene rings is 2. The highest BCUT2D eigenvalue weighted by atomic mass is 16.4. The number of aromatic nitrogens is 1. The third kappa shape index (κ3) is 4.92. The van der Waals surface area contributed by atoms with Crippen molar-refractivity contribution in [3.8, 4) is 0 Å². The minimum absolute atomic E-state index is 0.149. The van der Waals surface area contributed by atoms with Gasteiger partial charge in [0.1, 0.15) is 0 Å². The highest BCUT2D eigenvalue weighted by Crippen LogP contribution is 2.18. The van der Waals surface area contributed by atoms with Gasteiger partial charge in [0, 0.05) is 30.0 Å². The van der Waals surface area contributed by atoms with Gasteiger partial charge in [-0.3, -0.25) is 9.78 Å². The van der Waals surface area contributed by atoms with E-state index in [1.54, 1.807) is 18.5 Å². The Balaban J connectivity index is 1.73. The van der Waals surface area contributed by atoms with Gasteiger partial charge in [-0.2, -0.15) is 0 Å². The van der Waals surface area contributed by atoms with Gasteiger partial charge in [-0.05, 0) is 54.3 Å². The lowest BCUT2D eigenvalue weighted by Gasteiger charge is -2.15. The molecule has 3 aromatic rings. The average molecular weight is 363 g/mol. The zero-order valence-electron chi connectivity index (χ0n) is 15.4. The van der Waals surface area contributed by atoms with Gasteiger partial charge in [0.2, 0.25) is 5.91 Å². The van der Waals surface area contributed by atoms with Crippen LogP contribution in [0.2, 0.25) is 0 Å². The van der Waals surface area contributed by atoms with Gasteiger partial charge in [0.15, 0.2) is 0 Å². The summed E-state index contributed by atoms with van der Waals surface area (Å²) in [6, 6.07) is 12.9. The number of carbonyl (C=O) groups excluding carboxylic acids is 1. The van der Waals surface area contributed by atoms with Crippen molar-refractivity contribution in [3.05, 3.63) is 66.0 Å². The predicted molar refractivity (Wildman–Crippen MR) is 108 cm³/mol. The van der Waals surface area contributed by atoms with Crippen LogP contribution in [0, 0.1) is 0 Å². The van der Waals surface area contributed by atoms with E-state index in [0.717, 1.165) is 21.9 Å². The fraction of sp³-hybridized carbons (Fsp3) is 0.200. The molecule has 3 N–H and O–H groups in total. The summed E-state index contributed by atoms with van der Waals surface area (Å²) in [6.45, 7) is 0.589. The maximum Gasteiger partial charge on any atom is 0.488 e. The molecule has 0 atom stereocenters. The zero-order valence-corrected chi connectivity index (χ0v) is 15.4.